The zero-order valence-corrected chi connectivity index (χ0v) is 17.8. The van der Waals surface area contributed by atoms with E-state index in [1.165, 1.54) is 0 Å². The van der Waals surface area contributed by atoms with Gasteiger partial charge in [-0.2, -0.15) is 0 Å². The maximum absolute atomic E-state index is 6.30. The lowest BCUT2D eigenvalue weighted by Gasteiger charge is -2.13. The molecule has 0 radical (unpaired) electrons. The first-order valence-corrected chi connectivity index (χ1v) is 9.92. The van der Waals surface area contributed by atoms with Crippen LogP contribution in [0.15, 0.2) is 47.0 Å². The monoisotopic (exact) mass is 448 g/mol. The molecule has 0 aliphatic heterocycles. The Morgan fingerprint density at radius 2 is 1.56 bits per heavy atom. The molecule has 3 nitrogen and oxygen atoms in total. The number of aryl methyl sites for hydroxylation is 1. The van der Waals surface area contributed by atoms with Crippen molar-refractivity contribution in [2.24, 2.45) is 0 Å². The number of hydrogen-bond acceptors (Lipinski definition) is 3. The highest BCUT2D eigenvalue weighted by molar-refractivity contribution is 6.55. The molecule has 0 bridgehead atoms. The summed E-state index contributed by atoms with van der Waals surface area (Å²) in [6.45, 7) is 3.35. The number of halogens is 4. The molecule has 0 amide bonds. The van der Waals surface area contributed by atoms with Crippen molar-refractivity contribution >= 4 is 46.4 Å². The number of unbranched alkanes of at least 4 members (excludes halogenated alkanes) is 1. The van der Waals surface area contributed by atoms with Gasteiger partial charge in [0.05, 0.1) is 18.2 Å². The molecule has 0 unspecified atom stereocenters. The Labute approximate surface area is 179 Å². The molecule has 0 aliphatic rings. The van der Waals surface area contributed by atoms with Gasteiger partial charge in [-0.1, -0.05) is 46.4 Å². The predicted octanol–water partition coefficient (Wildman–Crippen LogP) is 7.24. The van der Waals surface area contributed by atoms with Gasteiger partial charge < -0.3 is 14.2 Å². The topological polar surface area (TPSA) is 27.7 Å². The van der Waals surface area contributed by atoms with E-state index < -0.39 is 0 Å². The van der Waals surface area contributed by atoms with Crippen LogP contribution in [0.2, 0.25) is 10.0 Å². The van der Waals surface area contributed by atoms with E-state index in [4.69, 9.17) is 60.6 Å². The zero-order valence-electron chi connectivity index (χ0n) is 14.8. The molecule has 7 heteroatoms. The molecule has 2 aromatic carbocycles. The quantitative estimate of drug-likeness (QED) is 0.358. The smallest absolute Gasteiger partial charge is 0.141 e. The first-order valence-electron chi connectivity index (χ1n) is 8.41. The van der Waals surface area contributed by atoms with E-state index in [9.17, 15) is 0 Å². The molecular weight excluding hydrogens is 430 g/mol. The second-order valence-corrected chi connectivity index (χ2v) is 7.57. The summed E-state index contributed by atoms with van der Waals surface area (Å²) in [4.78, 5) is 0. The first-order chi connectivity index (χ1) is 13.0. The molecule has 0 saturated heterocycles. The highest BCUT2D eigenvalue weighted by atomic mass is 35.5. The van der Waals surface area contributed by atoms with E-state index >= 15 is 0 Å². The molecule has 146 valence electrons. The molecule has 0 N–H and O–H groups in total. The van der Waals surface area contributed by atoms with Crippen molar-refractivity contribution in [1.29, 1.82) is 0 Å². The van der Waals surface area contributed by atoms with Crippen LogP contribution in [0.25, 0.3) is 0 Å². The fraction of sp³-hybridized carbons (Fsp3) is 0.300. The lowest BCUT2D eigenvalue weighted by atomic mass is 10.2. The minimum atomic E-state index is 0.165. The SMILES string of the molecule is Cc1cc(OCC=C(Cl)Cl)cc(Cl)c1OCCCCOc1ccc(Cl)cc1. The van der Waals surface area contributed by atoms with Crippen molar-refractivity contribution in [1.82, 2.24) is 0 Å². The molecule has 0 saturated carbocycles. The van der Waals surface area contributed by atoms with Gasteiger partial charge in [0.1, 0.15) is 28.3 Å². The summed E-state index contributed by atoms with van der Waals surface area (Å²) in [5.74, 6) is 2.10. The predicted molar refractivity (Wildman–Crippen MR) is 113 cm³/mol. The largest absolute Gasteiger partial charge is 0.494 e. The van der Waals surface area contributed by atoms with Gasteiger partial charge in [0.25, 0.3) is 0 Å². The standard InChI is InChI=1S/C20H20Cl4O3/c1-14-12-17(26-11-8-19(23)24)13-18(22)20(14)27-10-3-2-9-25-16-6-4-15(21)5-7-16/h4-8,12-13H,2-3,9-11H2,1H3. The number of hydrogen-bond donors (Lipinski definition) is 0. The fourth-order valence-corrected chi connectivity index (χ4v) is 2.83. The van der Waals surface area contributed by atoms with Crippen molar-refractivity contribution in [2.45, 2.75) is 19.8 Å². The molecule has 0 aliphatic carbocycles. The minimum absolute atomic E-state index is 0.165. The van der Waals surface area contributed by atoms with Crippen molar-refractivity contribution in [3.63, 3.8) is 0 Å². The zero-order chi connectivity index (χ0) is 19.6. The summed E-state index contributed by atoms with van der Waals surface area (Å²) in [5, 5.41) is 1.20. The normalized spacial score (nSPS) is 10.4. The molecule has 0 heterocycles. The Balaban J connectivity index is 1.73. The van der Waals surface area contributed by atoms with Crippen molar-refractivity contribution in [2.75, 3.05) is 19.8 Å². The lowest BCUT2D eigenvalue weighted by molar-refractivity contribution is 0.265. The van der Waals surface area contributed by atoms with Gasteiger partial charge in [-0.05, 0) is 61.7 Å². The molecule has 0 fully saturated rings. The van der Waals surface area contributed by atoms with Crippen molar-refractivity contribution in [3.05, 3.63) is 62.6 Å². The maximum atomic E-state index is 6.30. The van der Waals surface area contributed by atoms with E-state index in [0.29, 0.717) is 34.8 Å². The molecule has 0 spiro atoms. The van der Waals surface area contributed by atoms with Crippen LogP contribution in [0.3, 0.4) is 0 Å². The molecule has 2 aromatic rings. The Bertz CT molecular complexity index is 733. The summed E-state index contributed by atoms with van der Waals surface area (Å²) in [6, 6.07) is 10.9. The van der Waals surface area contributed by atoms with Gasteiger partial charge in [-0.15, -0.1) is 0 Å². The Morgan fingerprint density at radius 3 is 2.19 bits per heavy atom. The Kier molecular flexibility index (Phi) is 9.43. The molecule has 0 aromatic heterocycles. The maximum Gasteiger partial charge on any atom is 0.141 e. The van der Waals surface area contributed by atoms with Gasteiger partial charge in [-0.3, -0.25) is 0 Å². The van der Waals surface area contributed by atoms with E-state index in [-0.39, 0.29) is 11.1 Å². The second-order valence-electron chi connectivity index (χ2n) is 5.71. The summed E-state index contributed by atoms with van der Waals surface area (Å²) >= 11 is 23.2. The van der Waals surface area contributed by atoms with Gasteiger partial charge >= 0.3 is 0 Å². The van der Waals surface area contributed by atoms with Gasteiger partial charge in [0.2, 0.25) is 0 Å². The van der Waals surface area contributed by atoms with Crippen LogP contribution in [0, 0.1) is 6.92 Å². The number of benzene rings is 2. The van der Waals surface area contributed by atoms with Crippen LogP contribution in [-0.4, -0.2) is 19.8 Å². The Morgan fingerprint density at radius 1 is 0.889 bits per heavy atom. The van der Waals surface area contributed by atoms with Gasteiger partial charge in [0.15, 0.2) is 0 Å². The van der Waals surface area contributed by atoms with Crippen LogP contribution in [0.4, 0.5) is 0 Å². The third kappa shape index (κ3) is 8.10. The highest BCUT2D eigenvalue weighted by Crippen LogP contribution is 2.33. The molecule has 27 heavy (non-hydrogen) atoms. The average Bonchev–Trinajstić information content (AvgIpc) is 2.61. The van der Waals surface area contributed by atoms with Crippen LogP contribution < -0.4 is 14.2 Å². The summed E-state index contributed by atoms with van der Waals surface area (Å²) in [5.41, 5.74) is 0.899. The molecule has 2 rings (SSSR count). The van der Waals surface area contributed by atoms with Crippen molar-refractivity contribution < 1.29 is 14.2 Å². The van der Waals surface area contributed by atoms with Crippen LogP contribution in [-0.2, 0) is 0 Å². The van der Waals surface area contributed by atoms with Crippen LogP contribution in [0.5, 0.6) is 17.2 Å². The highest BCUT2D eigenvalue weighted by Gasteiger charge is 2.09. The average molecular weight is 450 g/mol. The minimum Gasteiger partial charge on any atom is -0.494 e. The Hall–Kier alpha value is -1.26. The van der Waals surface area contributed by atoms with Gasteiger partial charge in [0, 0.05) is 11.1 Å². The van der Waals surface area contributed by atoms with E-state index in [1.807, 2.05) is 25.1 Å². The molecular formula is C20H20Cl4O3. The summed E-state index contributed by atoms with van der Waals surface area (Å²) in [6.07, 6.45) is 3.27. The second kappa shape index (κ2) is 11.6. The van der Waals surface area contributed by atoms with Crippen LogP contribution >= 0.6 is 46.4 Å². The van der Waals surface area contributed by atoms with E-state index in [2.05, 4.69) is 0 Å². The third-order valence-corrected chi connectivity index (χ3v) is 4.40. The third-order valence-electron chi connectivity index (χ3n) is 3.56. The van der Waals surface area contributed by atoms with E-state index in [1.54, 1.807) is 24.3 Å². The fourth-order valence-electron chi connectivity index (χ4n) is 2.27. The number of rotatable bonds is 10. The number of ether oxygens (including phenoxy) is 3. The van der Waals surface area contributed by atoms with Crippen LogP contribution in [0.1, 0.15) is 18.4 Å². The molecule has 0 atom stereocenters. The summed E-state index contributed by atoms with van der Waals surface area (Å²) < 4.78 is 17.2. The van der Waals surface area contributed by atoms with Gasteiger partial charge in [-0.25, -0.2) is 0 Å². The lowest BCUT2D eigenvalue weighted by Crippen LogP contribution is -2.04. The van der Waals surface area contributed by atoms with Crippen molar-refractivity contribution in [3.8, 4) is 17.2 Å². The van der Waals surface area contributed by atoms with E-state index in [0.717, 1.165) is 24.2 Å². The first kappa shape index (κ1) is 22.0. The summed E-state index contributed by atoms with van der Waals surface area (Å²) in [7, 11) is 0.